The highest BCUT2D eigenvalue weighted by Gasteiger charge is 2.41. The third kappa shape index (κ3) is 8.00. The maximum atomic E-state index is 11.5. The molecule has 1 fully saturated rings. The van der Waals surface area contributed by atoms with E-state index in [0.29, 0.717) is 30.5 Å². The first kappa shape index (κ1) is 21.5. The molecule has 0 aliphatic carbocycles. The molecule has 0 radical (unpaired) electrons. The molecule has 5 unspecified atom stereocenters. The number of rotatable bonds is 13. The maximum absolute atomic E-state index is 11.5. The first-order chi connectivity index (χ1) is 11.4. The fourth-order valence-electron chi connectivity index (χ4n) is 3.96. The molecular formula is C21H40O3. The van der Waals surface area contributed by atoms with Gasteiger partial charge in [0.15, 0.2) is 0 Å². The van der Waals surface area contributed by atoms with Crippen molar-refractivity contribution in [1.29, 1.82) is 0 Å². The van der Waals surface area contributed by atoms with Crippen molar-refractivity contribution in [3.05, 3.63) is 0 Å². The van der Waals surface area contributed by atoms with Crippen LogP contribution in [0.3, 0.4) is 0 Å². The summed E-state index contributed by atoms with van der Waals surface area (Å²) in [6, 6.07) is 0. The topological polar surface area (TPSA) is 38.8 Å². The fraction of sp³-hybridized carbons (Fsp3) is 0.952. The first-order valence-corrected chi connectivity index (χ1v) is 10.1. The summed E-state index contributed by atoms with van der Waals surface area (Å²) < 4.78 is 10.8. The zero-order valence-electron chi connectivity index (χ0n) is 16.8. The highest BCUT2D eigenvalue weighted by atomic mass is 16.6. The predicted octanol–water partition coefficient (Wildman–Crippen LogP) is 5.61. The molecule has 1 aliphatic heterocycles. The summed E-state index contributed by atoms with van der Waals surface area (Å²) in [5.41, 5.74) is 0. The molecule has 24 heavy (non-hydrogen) atoms. The summed E-state index contributed by atoms with van der Waals surface area (Å²) in [5, 5.41) is 0. The van der Waals surface area contributed by atoms with E-state index >= 15 is 0 Å². The molecule has 1 aliphatic rings. The first-order valence-electron chi connectivity index (χ1n) is 10.1. The van der Waals surface area contributed by atoms with Gasteiger partial charge in [0.25, 0.3) is 0 Å². The van der Waals surface area contributed by atoms with Crippen molar-refractivity contribution in [1.82, 2.24) is 0 Å². The van der Waals surface area contributed by atoms with Crippen LogP contribution in [0.1, 0.15) is 86.0 Å². The highest BCUT2D eigenvalue weighted by Crippen LogP contribution is 2.38. The average Bonchev–Trinajstić information content (AvgIpc) is 3.29. The molecule has 0 bridgehead atoms. The number of carbonyl (C=O) groups excluding carboxylic acids is 1. The van der Waals surface area contributed by atoms with Crippen LogP contribution in [0.5, 0.6) is 0 Å². The van der Waals surface area contributed by atoms with Gasteiger partial charge in [-0.25, -0.2) is 0 Å². The zero-order chi connectivity index (χ0) is 18.1. The van der Waals surface area contributed by atoms with E-state index in [1.807, 2.05) is 0 Å². The van der Waals surface area contributed by atoms with Crippen LogP contribution in [0.4, 0.5) is 0 Å². The predicted molar refractivity (Wildman–Crippen MR) is 99.9 cm³/mol. The lowest BCUT2D eigenvalue weighted by Gasteiger charge is -2.20. The largest absolute Gasteiger partial charge is 0.469 e. The summed E-state index contributed by atoms with van der Waals surface area (Å²) in [5.74, 6) is 2.63. The van der Waals surface area contributed by atoms with E-state index in [2.05, 4.69) is 34.6 Å². The van der Waals surface area contributed by atoms with E-state index < -0.39 is 0 Å². The van der Waals surface area contributed by atoms with Crippen molar-refractivity contribution in [2.75, 3.05) is 7.11 Å². The van der Waals surface area contributed by atoms with E-state index in [0.717, 1.165) is 31.1 Å². The average molecular weight is 341 g/mol. The minimum absolute atomic E-state index is 0.0725. The van der Waals surface area contributed by atoms with Crippen molar-refractivity contribution >= 4 is 5.97 Å². The maximum Gasteiger partial charge on any atom is 0.305 e. The van der Waals surface area contributed by atoms with E-state index in [-0.39, 0.29) is 5.97 Å². The Morgan fingerprint density at radius 2 is 1.42 bits per heavy atom. The van der Waals surface area contributed by atoms with E-state index in [1.54, 1.807) is 0 Å². The second-order valence-electron chi connectivity index (χ2n) is 8.15. The lowest BCUT2D eigenvalue weighted by molar-refractivity contribution is -0.141. The van der Waals surface area contributed by atoms with Crippen LogP contribution in [-0.4, -0.2) is 25.3 Å². The Morgan fingerprint density at radius 1 is 0.917 bits per heavy atom. The van der Waals surface area contributed by atoms with Gasteiger partial charge in [-0.15, -0.1) is 0 Å². The SMILES string of the molecule is CCC(CC(=O)OC)CC(CC)CC1OC1CC(CC)CC(C)C. The van der Waals surface area contributed by atoms with E-state index in [9.17, 15) is 4.79 Å². The van der Waals surface area contributed by atoms with Crippen molar-refractivity contribution in [2.24, 2.45) is 23.7 Å². The molecule has 142 valence electrons. The molecule has 1 saturated heterocycles. The third-order valence-corrected chi connectivity index (χ3v) is 5.71. The molecule has 0 saturated carbocycles. The number of hydrogen-bond acceptors (Lipinski definition) is 3. The van der Waals surface area contributed by atoms with Gasteiger partial charge in [-0.05, 0) is 49.4 Å². The molecular weight excluding hydrogens is 300 g/mol. The number of esters is 1. The van der Waals surface area contributed by atoms with Crippen molar-refractivity contribution in [2.45, 2.75) is 98.2 Å². The molecule has 1 heterocycles. The van der Waals surface area contributed by atoms with Gasteiger partial charge in [-0.1, -0.05) is 53.9 Å². The number of epoxide rings is 1. The van der Waals surface area contributed by atoms with Gasteiger partial charge in [0.05, 0.1) is 19.3 Å². The highest BCUT2D eigenvalue weighted by molar-refractivity contribution is 5.69. The Hall–Kier alpha value is -0.570. The number of hydrogen-bond donors (Lipinski definition) is 0. The summed E-state index contributed by atoms with van der Waals surface area (Å²) in [6.45, 7) is 11.4. The van der Waals surface area contributed by atoms with Crippen LogP contribution >= 0.6 is 0 Å². The Labute approximate surface area is 149 Å². The quantitative estimate of drug-likeness (QED) is 0.323. The Balaban J connectivity index is 2.37. The summed E-state index contributed by atoms with van der Waals surface area (Å²) >= 11 is 0. The van der Waals surface area contributed by atoms with Gasteiger partial charge >= 0.3 is 5.97 Å². The van der Waals surface area contributed by atoms with Gasteiger partial charge in [0.1, 0.15) is 0 Å². The van der Waals surface area contributed by atoms with Crippen LogP contribution in [0, 0.1) is 23.7 Å². The number of ether oxygens (including phenoxy) is 2. The molecule has 0 N–H and O–H groups in total. The minimum Gasteiger partial charge on any atom is -0.469 e. The Morgan fingerprint density at radius 3 is 1.83 bits per heavy atom. The van der Waals surface area contributed by atoms with Crippen LogP contribution in [0.25, 0.3) is 0 Å². The normalized spacial score (nSPS) is 23.8. The minimum atomic E-state index is -0.0725. The molecule has 1 rings (SSSR count). The molecule has 0 aromatic heterocycles. The monoisotopic (exact) mass is 340 g/mol. The fourth-order valence-corrected chi connectivity index (χ4v) is 3.96. The van der Waals surface area contributed by atoms with Crippen LogP contribution < -0.4 is 0 Å². The second-order valence-corrected chi connectivity index (χ2v) is 8.15. The molecule has 3 nitrogen and oxygen atoms in total. The van der Waals surface area contributed by atoms with Crippen molar-refractivity contribution in [3.8, 4) is 0 Å². The smallest absolute Gasteiger partial charge is 0.305 e. The lowest BCUT2D eigenvalue weighted by Crippen LogP contribution is -2.16. The standard InChI is InChI=1S/C21H40O3/c1-7-16(10-15(4)5)12-19-20(24-19)13-17(8-2)11-18(9-3)14-21(22)23-6/h15-20H,7-14H2,1-6H3. The van der Waals surface area contributed by atoms with Crippen LogP contribution in [0.15, 0.2) is 0 Å². The lowest BCUT2D eigenvalue weighted by atomic mass is 9.84. The third-order valence-electron chi connectivity index (χ3n) is 5.71. The Bertz CT molecular complexity index is 353. The van der Waals surface area contributed by atoms with Gasteiger partial charge in [-0.3, -0.25) is 4.79 Å². The number of carbonyl (C=O) groups is 1. The molecule has 0 spiro atoms. The molecule has 0 aromatic carbocycles. The molecule has 0 amide bonds. The Kier molecular flexibility index (Phi) is 9.95. The summed E-state index contributed by atoms with van der Waals surface area (Å²) in [6.07, 6.45) is 9.83. The van der Waals surface area contributed by atoms with Gasteiger partial charge < -0.3 is 9.47 Å². The molecule has 0 aromatic rings. The molecule has 5 atom stereocenters. The van der Waals surface area contributed by atoms with Crippen LogP contribution in [0.2, 0.25) is 0 Å². The molecule has 3 heteroatoms. The zero-order valence-corrected chi connectivity index (χ0v) is 16.8. The second kappa shape index (κ2) is 11.1. The van der Waals surface area contributed by atoms with E-state index in [4.69, 9.17) is 9.47 Å². The van der Waals surface area contributed by atoms with E-state index in [1.165, 1.54) is 32.8 Å². The van der Waals surface area contributed by atoms with Gasteiger partial charge in [0, 0.05) is 6.42 Å². The number of methoxy groups -OCH3 is 1. The van der Waals surface area contributed by atoms with Crippen molar-refractivity contribution < 1.29 is 14.3 Å². The van der Waals surface area contributed by atoms with Crippen molar-refractivity contribution in [3.63, 3.8) is 0 Å². The van der Waals surface area contributed by atoms with Gasteiger partial charge in [-0.2, -0.15) is 0 Å². The summed E-state index contributed by atoms with van der Waals surface area (Å²) in [4.78, 5) is 11.5. The van der Waals surface area contributed by atoms with Crippen LogP contribution in [-0.2, 0) is 14.3 Å². The van der Waals surface area contributed by atoms with Gasteiger partial charge in [0.2, 0.25) is 0 Å². The summed E-state index contributed by atoms with van der Waals surface area (Å²) in [7, 11) is 1.48.